The van der Waals surface area contributed by atoms with Crippen molar-refractivity contribution >= 4 is 17.9 Å². The molecule has 2 atom stereocenters. The Labute approximate surface area is 361 Å². The minimum absolute atomic E-state index is 0.0640. The quantitative estimate of drug-likeness (QED) is 0.0346. The lowest BCUT2D eigenvalue weighted by Crippen LogP contribution is -2.30. The summed E-state index contributed by atoms with van der Waals surface area (Å²) < 4.78 is 16.8. The third-order valence-corrected chi connectivity index (χ3v) is 12.1. The monoisotopic (exact) mass is 821 g/mol. The first-order chi connectivity index (χ1) is 28.3. The average molecular weight is 821 g/mol. The molecule has 0 N–H and O–H groups in total. The predicted molar refractivity (Wildman–Crippen MR) is 247 cm³/mol. The zero-order valence-electron chi connectivity index (χ0n) is 39.7. The highest BCUT2D eigenvalue weighted by Crippen LogP contribution is 2.18. The van der Waals surface area contributed by atoms with Crippen LogP contribution in [0.3, 0.4) is 0 Å². The van der Waals surface area contributed by atoms with Gasteiger partial charge in [0.1, 0.15) is 13.2 Å². The van der Waals surface area contributed by atoms with Gasteiger partial charge in [0.25, 0.3) is 0 Å². The largest absolute Gasteiger partial charge is 0.462 e. The van der Waals surface area contributed by atoms with E-state index in [1.165, 1.54) is 173 Å². The van der Waals surface area contributed by atoms with Crippen LogP contribution in [0.15, 0.2) is 0 Å². The highest BCUT2D eigenvalue weighted by molar-refractivity contribution is 5.71. The molecule has 0 aliphatic heterocycles. The van der Waals surface area contributed by atoms with Gasteiger partial charge in [0.15, 0.2) is 6.10 Å². The van der Waals surface area contributed by atoms with Crippen LogP contribution < -0.4 is 0 Å². The Morgan fingerprint density at radius 3 is 0.983 bits per heavy atom. The van der Waals surface area contributed by atoms with Crippen molar-refractivity contribution in [2.24, 2.45) is 11.8 Å². The maximum Gasteiger partial charge on any atom is 0.306 e. The Balaban J connectivity index is 4.32. The lowest BCUT2D eigenvalue weighted by molar-refractivity contribution is -0.167. The summed E-state index contributed by atoms with van der Waals surface area (Å²) in [6.07, 6.45) is 45.1. The molecule has 0 amide bonds. The van der Waals surface area contributed by atoms with Crippen molar-refractivity contribution in [3.05, 3.63) is 0 Å². The second-order valence-electron chi connectivity index (χ2n) is 18.5. The van der Waals surface area contributed by atoms with Crippen LogP contribution in [0.5, 0.6) is 0 Å². The van der Waals surface area contributed by atoms with Crippen molar-refractivity contribution in [2.45, 2.75) is 291 Å². The number of esters is 3. The summed E-state index contributed by atoms with van der Waals surface area (Å²) >= 11 is 0. The van der Waals surface area contributed by atoms with Crippen LogP contribution in [-0.4, -0.2) is 37.2 Å². The molecule has 0 saturated carbocycles. The fourth-order valence-corrected chi connectivity index (χ4v) is 7.78. The first kappa shape index (κ1) is 56.4. The molecule has 0 heterocycles. The number of ether oxygens (including phenoxy) is 3. The van der Waals surface area contributed by atoms with Gasteiger partial charge in [-0.2, -0.15) is 0 Å². The fourth-order valence-electron chi connectivity index (χ4n) is 7.78. The van der Waals surface area contributed by atoms with E-state index in [0.717, 1.165) is 69.6 Å². The molecule has 0 aliphatic carbocycles. The van der Waals surface area contributed by atoms with E-state index in [1.807, 2.05) is 0 Å². The summed E-state index contributed by atoms with van der Waals surface area (Å²) in [5, 5.41) is 0. The van der Waals surface area contributed by atoms with E-state index in [4.69, 9.17) is 14.2 Å². The first-order valence-corrected chi connectivity index (χ1v) is 25.8. The summed E-state index contributed by atoms with van der Waals surface area (Å²) in [5.41, 5.74) is 0. The minimum Gasteiger partial charge on any atom is -0.462 e. The smallest absolute Gasteiger partial charge is 0.306 e. The second kappa shape index (κ2) is 44.9. The Bertz CT molecular complexity index is 887. The molecule has 0 rings (SSSR count). The minimum atomic E-state index is -0.762. The fraction of sp³-hybridized carbons (Fsp3) is 0.942. The maximum absolute atomic E-state index is 12.8. The predicted octanol–water partition coefficient (Wildman–Crippen LogP) is 16.5. The maximum atomic E-state index is 12.8. The molecule has 0 bridgehead atoms. The molecule has 58 heavy (non-hydrogen) atoms. The molecule has 0 aliphatic rings. The zero-order valence-corrected chi connectivity index (χ0v) is 39.7. The molecule has 0 fully saturated rings. The Kier molecular flexibility index (Phi) is 43.7. The molecular weight excluding hydrogens is 721 g/mol. The van der Waals surface area contributed by atoms with Gasteiger partial charge >= 0.3 is 17.9 Å². The van der Waals surface area contributed by atoms with Gasteiger partial charge in [0.05, 0.1) is 0 Å². The van der Waals surface area contributed by atoms with E-state index in [9.17, 15) is 14.4 Å². The van der Waals surface area contributed by atoms with E-state index >= 15 is 0 Å². The molecule has 0 radical (unpaired) electrons. The molecule has 344 valence electrons. The molecule has 0 spiro atoms. The van der Waals surface area contributed by atoms with Gasteiger partial charge in [0, 0.05) is 19.3 Å². The molecule has 0 aromatic rings. The van der Waals surface area contributed by atoms with Crippen molar-refractivity contribution in [1.29, 1.82) is 0 Å². The highest BCUT2D eigenvalue weighted by atomic mass is 16.6. The van der Waals surface area contributed by atoms with Gasteiger partial charge in [-0.1, -0.05) is 247 Å². The topological polar surface area (TPSA) is 78.9 Å². The van der Waals surface area contributed by atoms with Crippen LogP contribution in [0.1, 0.15) is 285 Å². The summed E-state index contributed by atoms with van der Waals surface area (Å²) in [6.45, 7) is 11.4. The number of hydrogen-bond acceptors (Lipinski definition) is 6. The highest BCUT2D eigenvalue weighted by Gasteiger charge is 2.19. The van der Waals surface area contributed by atoms with Gasteiger partial charge in [-0.3, -0.25) is 14.4 Å². The number of unbranched alkanes of at least 4 members (excludes halogenated alkanes) is 30. The molecule has 0 aromatic carbocycles. The van der Waals surface area contributed by atoms with Crippen molar-refractivity contribution < 1.29 is 28.6 Å². The lowest BCUT2D eigenvalue weighted by Gasteiger charge is -2.18. The van der Waals surface area contributed by atoms with Gasteiger partial charge in [-0.05, 0) is 31.1 Å². The van der Waals surface area contributed by atoms with Crippen LogP contribution in [-0.2, 0) is 28.6 Å². The summed E-state index contributed by atoms with van der Waals surface area (Å²) in [5.74, 6) is 0.826. The van der Waals surface area contributed by atoms with E-state index < -0.39 is 6.10 Å². The summed E-state index contributed by atoms with van der Waals surface area (Å²) in [6, 6.07) is 0. The SMILES string of the molecule is CCCCCCCCCCCCCCCCC(=O)OC[C@H](COC(=O)CCCCCCCCCCCCC(C)CC)OC(=O)CCCCCCCCCCCC(C)C. The van der Waals surface area contributed by atoms with Crippen molar-refractivity contribution in [3.63, 3.8) is 0 Å². The molecule has 6 nitrogen and oxygen atoms in total. The van der Waals surface area contributed by atoms with E-state index in [1.54, 1.807) is 0 Å². The Morgan fingerprint density at radius 1 is 0.362 bits per heavy atom. The third kappa shape index (κ3) is 44.0. The number of carbonyl (C=O) groups is 3. The second-order valence-corrected chi connectivity index (χ2v) is 18.5. The zero-order chi connectivity index (χ0) is 42.6. The first-order valence-electron chi connectivity index (χ1n) is 25.8. The van der Waals surface area contributed by atoms with Crippen molar-refractivity contribution in [1.82, 2.24) is 0 Å². The Hall–Kier alpha value is -1.59. The molecule has 0 saturated heterocycles. The number of rotatable bonds is 46. The van der Waals surface area contributed by atoms with Crippen LogP contribution >= 0.6 is 0 Å². The van der Waals surface area contributed by atoms with Gasteiger partial charge in [-0.15, -0.1) is 0 Å². The molecular formula is C52H100O6. The standard InChI is InChI=1S/C52H100O6/c1-6-8-9-10-11-12-13-14-15-16-22-27-32-37-42-50(53)56-45-49(58-52(55)44-39-34-29-24-19-20-25-30-35-40-47(3)4)46-57-51(54)43-38-33-28-23-18-17-21-26-31-36-41-48(5)7-2/h47-49H,6-46H2,1-5H3/t48?,49-/m1/s1. The normalized spacial score (nSPS) is 12.5. The van der Waals surface area contributed by atoms with Crippen LogP contribution in [0, 0.1) is 11.8 Å². The van der Waals surface area contributed by atoms with E-state index in [-0.39, 0.29) is 31.1 Å². The molecule has 0 aromatic heterocycles. The van der Waals surface area contributed by atoms with E-state index in [0.29, 0.717) is 19.3 Å². The van der Waals surface area contributed by atoms with E-state index in [2.05, 4.69) is 34.6 Å². The molecule has 6 heteroatoms. The number of carbonyl (C=O) groups excluding carboxylic acids is 3. The van der Waals surface area contributed by atoms with Crippen LogP contribution in [0.2, 0.25) is 0 Å². The number of hydrogen-bond donors (Lipinski definition) is 0. The third-order valence-electron chi connectivity index (χ3n) is 12.1. The van der Waals surface area contributed by atoms with Gasteiger partial charge in [-0.25, -0.2) is 0 Å². The summed E-state index contributed by atoms with van der Waals surface area (Å²) in [4.78, 5) is 37.9. The van der Waals surface area contributed by atoms with Gasteiger partial charge in [0.2, 0.25) is 0 Å². The Morgan fingerprint density at radius 2 is 0.655 bits per heavy atom. The van der Waals surface area contributed by atoms with Crippen LogP contribution in [0.4, 0.5) is 0 Å². The van der Waals surface area contributed by atoms with Crippen LogP contribution in [0.25, 0.3) is 0 Å². The molecule has 1 unspecified atom stereocenters. The lowest BCUT2D eigenvalue weighted by atomic mass is 9.99. The van der Waals surface area contributed by atoms with Crippen molar-refractivity contribution in [2.75, 3.05) is 13.2 Å². The van der Waals surface area contributed by atoms with Crippen molar-refractivity contribution in [3.8, 4) is 0 Å². The summed E-state index contributed by atoms with van der Waals surface area (Å²) in [7, 11) is 0. The average Bonchev–Trinajstić information content (AvgIpc) is 3.21. The van der Waals surface area contributed by atoms with Gasteiger partial charge < -0.3 is 14.2 Å².